The average Bonchev–Trinajstić information content (AvgIpc) is 3.34. The third kappa shape index (κ3) is 5.04. The Morgan fingerprint density at radius 1 is 0.900 bits per heavy atom. The van der Waals surface area contributed by atoms with Crippen LogP contribution < -0.4 is 24.8 Å². The number of aromatic nitrogens is 1. The standard InChI is InChI=1S/C19H16N.C7H9.2ClH.Hf/c1-13-14(2)20(19-10-6-5-9-18(13)19)17-11-15-7-3-4-8-16(15)12-17;1-6-4-3-5-7(6)2;;;/h3-12H,1-2H3;4H,3H2,1-2H3;2*1H;/q2*-1;;;+4/p-2. The summed E-state index contributed by atoms with van der Waals surface area (Å²) in [5.41, 5.74) is 7.94. The number of nitrogens with zero attached hydrogens (tertiary/aromatic N) is 1. The number of rotatable bonds is 1. The normalized spacial score (nSPS) is 12.1. The second-order valence-corrected chi connectivity index (χ2v) is 7.30. The first-order chi connectivity index (χ1) is 13.1. The second-order valence-electron chi connectivity index (χ2n) is 7.30. The quantitative estimate of drug-likeness (QED) is 0.229. The van der Waals surface area contributed by atoms with Crippen LogP contribution >= 0.6 is 0 Å². The van der Waals surface area contributed by atoms with Gasteiger partial charge in [0.15, 0.2) is 0 Å². The van der Waals surface area contributed by atoms with E-state index in [0.29, 0.717) is 0 Å². The van der Waals surface area contributed by atoms with Gasteiger partial charge in [-0.3, -0.25) is 6.08 Å². The molecule has 0 N–H and O–H groups in total. The molecule has 1 aliphatic rings. The van der Waals surface area contributed by atoms with E-state index in [1.54, 1.807) is 0 Å². The van der Waals surface area contributed by atoms with Crippen LogP contribution in [0.1, 0.15) is 31.5 Å². The zero-order chi connectivity index (χ0) is 19.0. The number of benzene rings is 2. The van der Waals surface area contributed by atoms with E-state index in [4.69, 9.17) is 0 Å². The third-order valence-corrected chi connectivity index (χ3v) is 5.66. The molecule has 30 heavy (non-hydrogen) atoms. The molecular formula is C26H25Cl2HfN. The molecule has 1 aliphatic carbocycles. The van der Waals surface area contributed by atoms with Crippen LogP contribution in [0, 0.1) is 19.9 Å². The number of halogens is 2. The van der Waals surface area contributed by atoms with Crippen molar-refractivity contribution in [3.05, 3.63) is 95.2 Å². The van der Waals surface area contributed by atoms with Crippen molar-refractivity contribution in [1.82, 2.24) is 4.57 Å². The van der Waals surface area contributed by atoms with Crippen LogP contribution in [0.4, 0.5) is 0 Å². The zero-order valence-corrected chi connectivity index (χ0v) is 22.9. The van der Waals surface area contributed by atoms with Gasteiger partial charge in [-0.2, -0.15) is 6.08 Å². The van der Waals surface area contributed by atoms with Crippen molar-refractivity contribution in [1.29, 1.82) is 0 Å². The second kappa shape index (κ2) is 11.2. The van der Waals surface area contributed by atoms with Gasteiger partial charge in [-0.15, -0.1) is 54.4 Å². The molecule has 0 aliphatic heterocycles. The van der Waals surface area contributed by atoms with Crippen molar-refractivity contribution in [2.45, 2.75) is 34.1 Å². The predicted octanol–water partition coefficient (Wildman–Crippen LogP) is 1.21. The van der Waals surface area contributed by atoms with Gasteiger partial charge in [-0.05, 0) is 31.2 Å². The Balaban J connectivity index is 0.000000391. The van der Waals surface area contributed by atoms with Crippen molar-refractivity contribution in [2.24, 2.45) is 0 Å². The fourth-order valence-corrected chi connectivity index (χ4v) is 3.77. The van der Waals surface area contributed by atoms with Crippen molar-refractivity contribution in [3.8, 4) is 5.69 Å². The first kappa shape index (κ1) is 26.6. The van der Waals surface area contributed by atoms with E-state index in [1.165, 1.54) is 49.8 Å². The number of para-hydroxylation sites is 1. The Bertz CT molecular complexity index is 1150. The Labute approximate surface area is 210 Å². The Morgan fingerprint density at radius 3 is 2.17 bits per heavy atom. The number of hydrogen-bond acceptors (Lipinski definition) is 0. The molecule has 0 radical (unpaired) electrons. The molecule has 1 heterocycles. The summed E-state index contributed by atoms with van der Waals surface area (Å²) in [5, 5.41) is 3.95. The maximum absolute atomic E-state index is 3.19. The maximum atomic E-state index is 3.19. The summed E-state index contributed by atoms with van der Waals surface area (Å²) in [6.45, 7) is 8.62. The summed E-state index contributed by atoms with van der Waals surface area (Å²) in [4.78, 5) is 0. The molecule has 0 amide bonds. The summed E-state index contributed by atoms with van der Waals surface area (Å²) in [6, 6.07) is 21.7. The summed E-state index contributed by atoms with van der Waals surface area (Å²) in [7, 11) is 0. The van der Waals surface area contributed by atoms with Gasteiger partial charge < -0.3 is 29.4 Å². The molecule has 1 nitrogen and oxygen atoms in total. The predicted molar refractivity (Wildman–Crippen MR) is 117 cm³/mol. The molecule has 0 saturated carbocycles. The molecule has 0 unspecified atom stereocenters. The average molecular weight is 601 g/mol. The molecule has 4 heteroatoms. The molecule has 3 aromatic carbocycles. The van der Waals surface area contributed by atoms with Crippen LogP contribution in [-0.2, 0) is 25.8 Å². The topological polar surface area (TPSA) is 4.93 Å². The van der Waals surface area contributed by atoms with Crippen molar-refractivity contribution in [3.63, 3.8) is 0 Å². The van der Waals surface area contributed by atoms with Crippen molar-refractivity contribution < 1.29 is 50.7 Å². The molecular weight excluding hydrogens is 576 g/mol. The maximum Gasteiger partial charge on any atom is 4.00 e. The monoisotopic (exact) mass is 601 g/mol. The minimum absolute atomic E-state index is 0. The van der Waals surface area contributed by atoms with Gasteiger partial charge >= 0.3 is 25.8 Å². The fraction of sp³-hybridized carbons (Fsp3) is 0.192. The van der Waals surface area contributed by atoms with Gasteiger partial charge in [0, 0.05) is 11.1 Å². The van der Waals surface area contributed by atoms with Crippen LogP contribution in [0.25, 0.3) is 27.4 Å². The molecule has 5 rings (SSSR count). The van der Waals surface area contributed by atoms with Crippen LogP contribution in [0.5, 0.6) is 0 Å². The van der Waals surface area contributed by atoms with Crippen molar-refractivity contribution in [2.75, 3.05) is 0 Å². The molecule has 152 valence electrons. The number of fused-ring (bicyclic) bond motifs is 2. The van der Waals surface area contributed by atoms with Crippen LogP contribution in [-0.4, -0.2) is 4.57 Å². The summed E-state index contributed by atoms with van der Waals surface area (Å²) < 4.78 is 2.37. The molecule has 4 aromatic rings. The summed E-state index contributed by atoms with van der Waals surface area (Å²) in [5.74, 6) is 0. The van der Waals surface area contributed by atoms with Crippen molar-refractivity contribution >= 4 is 21.7 Å². The van der Waals surface area contributed by atoms with Crippen LogP contribution in [0.2, 0.25) is 0 Å². The number of aryl methyl sites for hydroxylation is 1. The first-order valence-corrected chi connectivity index (χ1v) is 9.53. The van der Waals surface area contributed by atoms with Gasteiger partial charge in [0.25, 0.3) is 0 Å². The number of hydrogen-bond donors (Lipinski definition) is 0. The molecule has 1 aromatic heterocycles. The van der Waals surface area contributed by atoms with E-state index in [9.17, 15) is 0 Å². The van der Waals surface area contributed by atoms with E-state index >= 15 is 0 Å². The minimum atomic E-state index is 0. The largest absolute Gasteiger partial charge is 4.00 e. The zero-order valence-electron chi connectivity index (χ0n) is 17.8. The Kier molecular flexibility index (Phi) is 9.94. The summed E-state index contributed by atoms with van der Waals surface area (Å²) >= 11 is 0. The van der Waals surface area contributed by atoms with Crippen LogP contribution in [0.15, 0.2) is 77.9 Å². The van der Waals surface area contributed by atoms with Crippen LogP contribution in [0.3, 0.4) is 0 Å². The third-order valence-electron chi connectivity index (χ3n) is 5.66. The van der Waals surface area contributed by atoms with Gasteiger partial charge in [-0.25, -0.2) is 11.1 Å². The minimum Gasteiger partial charge on any atom is -1.00 e. The van der Waals surface area contributed by atoms with E-state index in [2.05, 4.69) is 105 Å². The molecule has 0 saturated heterocycles. The Hall–Kier alpha value is -1.48. The molecule has 0 atom stereocenters. The number of allylic oxidation sites excluding steroid dienone is 4. The Morgan fingerprint density at radius 2 is 1.57 bits per heavy atom. The van der Waals surface area contributed by atoms with Gasteiger partial charge in [0.1, 0.15) is 0 Å². The summed E-state index contributed by atoms with van der Waals surface area (Å²) in [6.07, 6.45) is 6.41. The van der Waals surface area contributed by atoms with Gasteiger partial charge in [0.2, 0.25) is 0 Å². The molecule has 0 bridgehead atoms. The molecule has 0 fully saturated rings. The van der Waals surface area contributed by atoms with Gasteiger partial charge in [0.05, 0.1) is 5.52 Å². The van der Waals surface area contributed by atoms with E-state index in [0.717, 1.165) is 6.42 Å². The fourth-order valence-electron chi connectivity index (χ4n) is 3.77. The van der Waals surface area contributed by atoms with E-state index in [-0.39, 0.29) is 50.7 Å². The molecule has 0 spiro atoms. The van der Waals surface area contributed by atoms with E-state index < -0.39 is 0 Å². The first-order valence-electron chi connectivity index (χ1n) is 9.53. The van der Waals surface area contributed by atoms with Gasteiger partial charge in [-0.1, -0.05) is 31.2 Å². The smallest absolute Gasteiger partial charge is 1.00 e. The van der Waals surface area contributed by atoms with E-state index in [1.807, 2.05) is 0 Å². The SMILES string of the molecule is CC1=[C-]CC=C1C.Cc1c(C)n(-c2cc3ccccc3[cH-]2)c2ccccc12.[Cl-].[Cl-].[Hf+4].